The summed E-state index contributed by atoms with van der Waals surface area (Å²) in [5, 5.41) is 3.68. The number of rotatable bonds is 1. The fourth-order valence-electron chi connectivity index (χ4n) is 0.538. The second kappa shape index (κ2) is 2.44. The molecule has 0 spiro atoms. The van der Waals surface area contributed by atoms with E-state index in [2.05, 4.69) is 15.6 Å². The van der Waals surface area contributed by atoms with Crippen LogP contribution in [0.3, 0.4) is 0 Å². The molecule has 1 N–H and O–H groups in total. The van der Waals surface area contributed by atoms with Crippen molar-refractivity contribution >= 4 is 5.97 Å². The van der Waals surface area contributed by atoms with E-state index in [1.54, 1.807) is 0 Å². The Labute approximate surface area is 56.3 Å². The number of carbonyl (C=O) groups is 1. The van der Waals surface area contributed by atoms with Crippen LogP contribution in [0.2, 0.25) is 0 Å². The van der Waals surface area contributed by atoms with Crippen LogP contribution in [-0.4, -0.2) is 18.0 Å². The van der Waals surface area contributed by atoms with Gasteiger partial charge in [-0.05, 0) is 5.18 Å². The summed E-state index contributed by atoms with van der Waals surface area (Å²) >= 11 is 0. The number of hydrogen-bond acceptors (Lipinski definition) is 6. The van der Waals surface area contributed by atoms with E-state index < -0.39 is 5.97 Å². The first kappa shape index (κ1) is 6.69. The van der Waals surface area contributed by atoms with Gasteiger partial charge in [0.2, 0.25) is 0 Å². The Morgan fingerprint density at radius 3 is 2.90 bits per heavy atom. The van der Waals surface area contributed by atoms with Crippen molar-refractivity contribution in [3.05, 3.63) is 16.8 Å². The van der Waals surface area contributed by atoms with E-state index in [4.69, 9.17) is 0 Å². The van der Waals surface area contributed by atoms with Crippen LogP contribution in [0.1, 0.15) is 0 Å². The Balaban J connectivity index is 2.81. The first-order valence-electron chi connectivity index (χ1n) is 2.49. The third-order valence-electron chi connectivity index (χ3n) is 1.02. The van der Waals surface area contributed by atoms with Gasteiger partial charge in [-0.2, -0.15) is 0 Å². The second-order valence-corrected chi connectivity index (χ2v) is 1.66. The maximum Gasteiger partial charge on any atom is 0.378 e. The quantitative estimate of drug-likeness (QED) is 0.396. The Kier molecular flexibility index (Phi) is 1.63. The Morgan fingerprint density at radius 1 is 1.80 bits per heavy atom. The first-order valence-corrected chi connectivity index (χ1v) is 2.49. The van der Waals surface area contributed by atoms with Gasteiger partial charge in [-0.3, -0.25) is 5.01 Å². The zero-order chi connectivity index (χ0) is 7.56. The molecule has 0 radical (unpaired) electrons. The number of hydrazine groups is 1. The van der Waals surface area contributed by atoms with E-state index in [9.17, 15) is 9.70 Å². The molecule has 1 aliphatic rings. The van der Waals surface area contributed by atoms with Crippen LogP contribution >= 0.6 is 0 Å². The molecule has 54 valence electrons. The predicted molar refractivity (Wildman–Crippen MR) is 30.9 cm³/mol. The predicted octanol–water partition coefficient (Wildman–Crippen LogP) is -0.498. The number of likely N-dealkylation sites (N-methyl/N-ethyl adjacent to an activating group) is 1. The zero-order valence-electron chi connectivity index (χ0n) is 5.20. The Hall–Kier alpha value is -1.43. The van der Waals surface area contributed by atoms with Crippen molar-refractivity contribution in [3.63, 3.8) is 0 Å². The van der Waals surface area contributed by atoms with Gasteiger partial charge in [0.15, 0.2) is 5.70 Å². The number of nitrogens with zero attached hydrogens (tertiary/aromatic N) is 2. The smallest absolute Gasteiger partial charge is 0.345 e. The van der Waals surface area contributed by atoms with Gasteiger partial charge in [0, 0.05) is 7.05 Å². The van der Waals surface area contributed by atoms with Crippen LogP contribution in [0.25, 0.3) is 0 Å². The van der Waals surface area contributed by atoms with Gasteiger partial charge in [-0.15, -0.1) is 4.91 Å². The van der Waals surface area contributed by atoms with Crippen LogP contribution < -0.4 is 5.59 Å². The van der Waals surface area contributed by atoms with Crippen LogP contribution in [0.15, 0.2) is 17.1 Å². The number of hydrogen-bond donors (Lipinski definition) is 1. The molecule has 1 rings (SSSR count). The van der Waals surface area contributed by atoms with Crippen molar-refractivity contribution in [2.45, 2.75) is 0 Å². The van der Waals surface area contributed by atoms with Crippen LogP contribution in [-0.2, 0) is 9.63 Å². The largest absolute Gasteiger partial charge is 0.378 e. The molecule has 1 heterocycles. The summed E-state index contributed by atoms with van der Waals surface area (Å²) in [5.74, 6) is -0.609. The highest BCUT2D eigenvalue weighted by Crippen LogP contribution is 2.06. The lowest BCUT2D eigenvalue weighted by Gasteiger charge is -2.03. The normalized spacial score (nSPS) is 21.5. The maximum absolute atomic E-state index is 10.6. The van der Waals surface area contributed by atoms with Crippen molar-refractivity contribution in [2.75, 3.05) is 7.05 Å². The van der Waals surface area contributed by atoms with E-state index in [-0.39, 0.29) is 5.70 Å². The number of nitrogens with one attached hydrogen (secondary N) is 1. The summed E-state index contributed by atoms with van der Waals surface area (Å²) in [5.41, 5.74) is 2.31. The molecule has 0 aromatic rings. The van der Waals surface area contributed by atoms with E-state index in [0.717, 1.165) is 6.20 Å². The van der Waals surface area contributed by atoms with Gasteiger partial charge in [0.1, 0.15) is 6.20 Å². The van der Waals surface area contributed by atoms with Gasteiger partial charge < -0.3 is 4.84 Å². The average Bonchev–Trinajstić information content (AvgIpc) is 2.20. The molecule has 0 aromatic heterocycles. The maximum atomic E-state index is 10.6. The summed E-state index contributed by atoms with van der Waals surface area (Å²) in [6.07, 6.45) is 0.877. The summed E-state index contributed by atoms with van der Waals surface area (Å²) in [6.45, 7) is 0. The molecule has 1 aliphatic heterocycles. The van der Waals surface area contributed by atoms with E-state index >= 15 is 0 Å². The minimum Gasteiger partial charge on any atom is -0.345 e. The molecule has 6 nitrogen and oxygen atoms in total. The van der Waals surface area contributed by atoms with E-state index in [1.165, 1.54) is 12.1 Å². The summed E-state index contributed by atoms with van der Waals surface area (Å²) in [6, 6.07) is 0. The average molecular weight is 143 g/mol. The Bertz CT molecular complexity index is 200. The highest BCUT2D eigenvalue weighted by Gasteiger charge is 2.24. The highest BCUT2D eigenvalue weighted by molar-refractivity contribution is 5.88. The third-order valence-corrected chi connectivity index (χ3v) is 1.02. The van der Waals surface area contributed by atoms with E-state index in [0.29, 0.717) is 0 Å². The molecule has 0 aromatic carbocycles. The molecular formula is C4H5N3O3. The topological polar surface area (TPSA) is 71.0 Å². The lowest BCUT2D eigenvalue weighted by molar-refractivity contribution is -0.142. The lowest BCUT2D eigenvalue weighted by atomic mass is 10.5. The lowest BCUT2D eigenvalue weighted by Crippen LogP contribution is -2.23. The molecule has 0 amide bonds. The molecule has 0 saturated carbocycles. The van der Waals surface area contributed by atoms with Crippen molar-refractivity contribution in [3.8, 4) is 0 Å². The third kappa shape index (κ3) is 0.960. The highest BCUT2D eigenvalue weighted by atomic mass is 16.7. The molecule has 1 saturated heterocycles. The zero-order valence-corrected chi connectivity index (χ0v) is 5.20. The van der Waals surface area contributed by atoms with Crippen LogP contribution in [0.5, 0.6) is 0 Å². The molecule has 10 heavy (non-hydrogen) atoms. The van der Waals surface area contributed by atoms with Gasteiger partial charge in [0.25, 0.3) is 0 Å². The molecular weight excluding hydrogens is 138 g/mol. The van der Waals surface area contributed by atoms with Crippen LogP contribution in [0.4, 0.5) is 0 Å². The molecule has 0 atom stereocenters. The molecule has 1 fully saturated rings. The standard InChI is InChI=1S/C4H5N3O3/c1-7-3(2-5-9)4(8)10-6-7/h2,6H,1H3/b3-2-. The molecule has 0 unspecified atom stereocenters. The summed E-state index contributed by atoms with van der Waals surface area (Å²) in [7, 11) is 1.53. The monoisotopic (exact) mass is 143 g/mol. The fraction of sp³-hybridized carbons (Fsp3) is 0.250. The minimum atomic E-state index is -0.609. The van der Waals surface area contributed by atoms with Gasteiger partial charge in [0.05, 0.1) is 0 Å². The molecule has 6 heteroatoms. The number of nitroso groups, excluding NO2 is 1. The van der Waals surface area contributed by atoms with Gasteiger partial charge in [-0.1, -0.05) is 5.59 Å². The number of carbonyl (C=O) groups excluding carboxylic acids is 1. The van der Waals surface area contributed by atoms with Crippen molar-refractivity contribution in [2.24, 2.45) is 5.18 Å². The van der Waals surface area contributed by atoms with Gasteiger partial charge in [-0.25, -0.2) is 4.79 Å². The van der Waals surface area contributed by atoms with Crippen LogP contribution in [0, 0.1) is 4.91 Å². The first-order chi connectivity index (χ1) is 4.75. The molecule has 0 aliphatic carbocycles. The van der Waals surface area contributed by atoms with Crippen molar-refractivity contribution < 1.29 is 9.63 Å². The van der Waals surface area contributed by atoms with Crippen molar-refractivity contribution in [1.82, 2.24) is 10.6 Å². The summed E-state index contributed by atoms with van der Waals surface area (Å²) in [4.78, 5) is 24.5. The Morgan fingerprint density at radius 2 is 2.50 bits per heavy atom. The summed E-state index contributed by atoms with van der Waals surface area (Å²) < 4.78 is 0. The fourth-order valence-corrected chi connectivity index (χ4v) is 0.538. The SMILES string of the molecule is CN1NOC(=O)/C1=C/N=O. The molecule has 0 bridgehead atoms. The van der Waals surface area contributed by atoms with Gasteiger partial charge >= 0.3 is 5.97 Å². The van der Waals surface area contributed by atoms with E-state index in [1.807, 2.05) is 0 Å². The minimum absolute atomic E-state index is 0.0926. The second-order valence-electron chi connectivity index (χ2n) is 1.66. The van der Waals surface area contributed by atoms with Crippen molar-refractivity contribution in [1.29, 1.82) is 0 Å².